The van der Waals surface area contributed by atoms with Crippen LogP contribution in [0.15, 0.2) is 0 Å². The van der Waals surface area contributed by atoms with Gasteiger partial charge in [0.05, 0.1) is 0 Å². The summed E-state index contributed by atoms with van der Waals surface area (Å²) in [5.74, 6) is 0.834. The molecule has 2 rings (SSSR count). The fourth-order valence-electron chi connectivity index (χ4n) is 3.62. The Morgan fingerprint density at radius 2 is 2.10 bits per heavy atom. The Kier molecular flexibility index (Phi) is 5.08. The first-order chi connectivity index (χ1) is 9.46. The monoisotopic (exact) mass is 281 g/mol. The van der Waals surface area contributed by atoms with Crippen LogP contribution >= 0.6 is 0 Å². The maximum Gasteiger partial charge on any atom is 0.228 e. The molecule has 1 amide bonds. The van der Waals surface area contributed by atoms with Gasteiger partial charge in [-0.05, 0) is 45.3 Å². The van der Waals surface area contributed by atoms with Crippen LogP contribution in [0.25, 0.3) is 0 Å². The van der Waals surface area contributed by atoms with E-state index < -0.39 is 0 Å². The van der Waals surface area contributed by atoms with Crippen molar-refractivity contribution in [3.05, 3.63) is 0 Å². The van der Waals surface area contributed by atoms with Gasteiger partial charge in [-0.1, -0.05) is 20.8 Å². The van der Waals surface area contributed by atoms with Gasteiger partial charge in [0, 0.05) is 31.1 Å². The molecule has 1 N–H and O–H groups in total. The normalized spacial score (nSPS) is 29.5. The van der Waals surface area contributed by atoms with Crippen molar-refractivity contribution in [2.45, 2.75) is 46.1 Å². The zero-order chi connectivity index (χ0) is 14.8. The molecule has 2 aliphatic heterocycles. The molecular formula is C16H31N3O. The Bertz CT molecular complexity index is 337. The summed E-state index contributed by atoms with van der Waals surface area (Å²) in [5, 5.41) is 3.45. The van der Waals surface area contributed by atoms with E-state index in [-0.39, 0.29) is 5.41 Å². The van der Waals surface area contributed by atoms with E-state index in [1.165, 1.54) is 12.8 Å². The van der Waals surface area contributed by atoms with Crippen LogP contribution in [-0.2, 0) is 4.79 Å². The van der Waals surface area contributed by atoms with Crippen LogP contribution in [0.2, 0.25) is 0 Å². The van der Waals surface area contributed by atoms with Gasteiger partial charge < -0.3 is 10.2 Å². The predicted octanol–water partition coefficient (Wildman–Crippen LogP) is 1.56. The molecule has 0 aliphatic carbocycles. The average Bonchev–Trinajstić information content (AvgIpc) is 2.48. The van der Waals surface area contributed by atoms with E-state index in [1.807, 2.05) is 0 Å². The lowest BCUT2D eigenvalue weighted by atomic mass is 9.74. The van der Waals surface area contributed by atoms with Gasteiger partial charge in [-0.25, -0.2) is 0 Å². The second kappa shape index (κ2) is 6.44. The number of piperazine rings is 1. The molecule has 4 heteroatoms. The van der Waals surface area contributed by atoms with Crippen LogP contribution in [0.5, 0.6) is 0 Å². The SMILES string of the molecule is CCC1CN(C(=O)C(C)(C)C2CCCNC2)CCN1C. The van der Waals surface area contributed by atoms with Crippen molar-refractivity contribution < 1.29 is 4.79 Å². The van der Waals surface area contributed by atoms with Crippen molar-refractivity contribution in [1.82, 2.24) is 15.1 Å². The molecule has 0 saturated carbocycles. The van der Waals surface area contributed by atoms with Crippen molar-refractivity contribution in [3.8, 4) is 0 Å². The Morgan fingerprint density at radius 3 is 2.70 bits per heavy atom. The van der Waals surface area contributed by atoms with Crippen molar-refractivity contribution in [2.75, 3.05) is 39.8 Å². The molecule has 0 aromatic rings. The fraction of sp³-hybridized carbons (Fsp3) is 0.938. The molecule has 2 heterocycles. The van der Waals surface area contributed by atoms with Gasteiger partial charge >= 0.3 is 0 Å². The molecule has 0 aromatic heterocycles. The fourth-order valence-corrected chi connectivity index (χ4v) is 3.62. The summed E-state index contributed by atoms with van der Waals surface area (Å²) in [7, 11) is 2.17. The Morgan fingerprint density at radius 1 is 1.35 bits per heavy atom. The van der Waals surface area contributed by atoms with E-state index >= 15 is 0 Å². The summed E-state index contributed by atoms with van der Waals surface area (Å²) in [6.07, 6.45) is 3.49. The molecule has 116 valence electrons. The molecule has 20 heavy (non-hydrogen) atoms. The summed E-state index contributed by atoms with van der Waals surface area (Å²) < 4.78 is 0. The standard InChI is InChI=1S/C16H31N3O/c1-5-14-12-19(10-9-18(14)4)15(20)16(2,3)13-7-6-8-17-11-13/h13-14,17H,5-12H2,1-4H3. The van der Waals surface area contributed by atoms with Crippen LogP contribution in [0, 0.1) is 11.3 Å². The van der Waals surface area contributed by atoms with Gasteiger partial charge in [-0.2, -0.15) is 0 Å². The minimum atomic E-state index is -0.235. The summed E-state index contributed by atoms with van der Waals surface area (Å²) in [6, 6.07) is 0.521. The first-order valence-electron chi connectivity index (χ1n) is 8.17. The van der Waals surface area contributed by atoms with Crippen LogP contribution in [-0.4, -0.2) is 61.5 Å². The lowest BCUT2D eigenvalue weighted by Crippen LogP contribution is -2.57. The summed E-state index contributed by atoms with van der Waals surface area (Å²) >= 11 is 0. The van der Waals surface area contributed by atoms with Gasteiger partial charge in [0.1, 0.15) is 0 Å². The maximum atomic E-state index is 13.0. The molecule has 0 bridgehead atoms. The topological polar surface area (TPSA) is 35.6 Å². The third-order valence-electron chi connectivity index (χ3n) is 5.40. The quantitative estimate of drug-likeness (QED) is 0.853. The molecule has 2 fully saturated rings. The first kappa shape index (κ1) is 15.8. The van der Waals surface area contributed by atoms with E-state index in [4.69, 9.17) is 0 Å². The number of hydrogen-bond donors (Lipinski definition) is 1. The largest absolute Gasteiger partial charge is 0.339 e. The van der Waals surface area contributed by atoms with E-state index in [9.17, 15) is 4.79 Å². The molecule has 0 radical (unpaired) electrons. The maximum absolute atomic E-state index is 13.0. The van der Waals surface area contributed by atoms with Crippen molar-refractivity contribution in [3.63, 3.8) is 0 Å². The summed E-state index contributed by atoms with van der Waals surface area (Å²) in [4.78, 5) is 17.5. The Hall–Kier alpha value is -0.610. The van der Waals surface area contributed by atoms with Crippen molar-refractivity contribution >= 4 is 5.91 Å². The second-order valence-corrected chi connectivity index (χ2v) is 7.06. The van der Waals surface area contributed by atoms with Gasteiger partial charge in [0.15, 0.2) is 0 Å². The molecule has 4 nitrogen and oxygen atoms in total. The predicted molar refractivity (Wildman–Crippen MR) is 82.7 cm³/mol. The summed E-state index contributed by atoms with van der Waals surface area (Å²) in [6.45, 7) is 11.4. The highest BCUT2D eigenvalue weighted by Gasteiger charge is 2.41. The number of nitrogens with one attached hydrogen (secondary N) is 1. The van der Waals surface area contributed by atoms with Crippen molar-refractivity contribution in [1.29, 1.82) is 0 Å². The molecule has 2 atom stereocenters. The van der Waals surface area contributed by atoms with E-state index in [2.05, 4.69) is 42.9 Å². The average molecular weight is 281 g/mol. The number of carbonyl (C=O) groups is 1. The number of rotatable bonds is 3. The highest BCUT2D eigenvalue weighted by atomic mass is 16.2. The van der Waals surface area contributed by atoms with Crippen LogP contribution in [0.3, 0.4) is 0 Å². The number of amides is 1. The summed E-state index contributed by atoms with van der Waals surface area (Å²) in [5.41, 5.74) is -0.235. The Labute approximate surface area is 123 Å². The zero-order valence-corrected chi connectivity index (χ0v) is 13.6. The lowest BCUT2D eigenvalue weighted by Gasteiger charge is -2.44. The highest BCUT2D eigenvalue weighted by molar-refractivity contribution is 5.82. The number of hydrogen-bond acceptors (Lipinski definition) is 3. The molecule has 2 saturated heterocycles. The number of likely N-dealkylation sites (N-methyl/N-ethyl adjacent to an activating group) is 1. The first-order valence-corrected chi connectivity index (χ1v) is 8.17. The molecule has 0 spiro atoms. The van der Waals surface area contributed by atoms with Gasteiger partial charge in [0.2, 0.25) is 5.91 Å². The third kappa shape index (κ3) is 3.17. The lowest BCUT2D eigenvalue weighted by molar-refractivity contribution is -0.146. The zero-order valence-electron chi connectivity index (χ0n) is 13.6. The molecular weight excluding hydrogens is 250 g/mol. The Balaban J connectivity index is 2.01. The van der Waals surface area contributed by atoms with Crippen molar-refractivity contribution in [2.24, 2.45) is 11.3 Å². The molecule has 0 aromatic carbocycles. The van der Waals surface area contributed by atoms with Crippen LogP contribution < -0.4 is 5.32 Å². The third-order valence-corrected chi connectivity index (χ3v) is 5.40. The van der Waals surface area contributed by atoms with Gasteiger partial charge in [-0.15, -0.1) is 0 Å². The van der Waals surface area contributed by atoms with Gasteiger partial charge in [0.25, 0.3) is 0 Å². The molecule has 2 unspecified atom stereocenters. The van der Waals surface area contributed by atoms with Gasteiger partial charge in [-0.3, -0.25) is 9.69 Å². The minimum Gasteiger partial charge on any atom is -0.339 e. The number of carbonyl (C=O) groups excluding carboxylic acids is 1. The van der Waals surface area contributed by atoms with Crippen LogP contribution in [0.1, 0.15) is 40.0 Å². The van der Waals surface area contributed by atoms with Crippen LogP contribution in [0.4, 0.5) is 0 Å². The van der Waals surface area contributed by atoms with E-state index in [0.29, 0.717) is 17.9 Å². The highest BCUT2D eigenvalue weighted by Crippen LogP contribution is 2.34. The number of nitrogens with zero attached hydrogens (tertiary/aromatic N) is 2. The second-order valence-electron chi connectivity index (χ2n) is 7.06. The molecule has 2 aliphatic rings. The minimum absolute atomic E-state index is 0.235. The van der Waals surface area contributed by atoms with E-state index in [0.717, 1.165) is 39.1 Å². The van der Waals surface area contributed by atoms with E-state index in [1.54, 1.807) is 0 Å². The smallest absolute Gasteiger partial charge is 0.228 e. The number of piperidine rings is 1.